The molecule has 0 saturated heterocycles. The van der Waals surface area contributed by atoms with Crippen LogP contribution in [-0.2, 0) is 24.6 Å². The molecule has 0 aliphatic carbocycles. The van der Waals surface area contributed by atoms with E-state index in [9.17, 15) is 18.0 Å². The molecule has 11 heteroatoms. The molecule has 0 atom stereocenters. The third-order valence-corrected chi connectivity index (χ3v) is 4.21. The molecule has 1 aromatic carbocycles. The highest BCUT2D eigenvalue weighted by molar-refractivity contribution is 6.28. The minimum atomic E-state index is -4.51. The van der Waals surface area contributed by atoms with Gasteiger partial charge in [-0.15, -0.1) is 0 Å². The molecule has 0 unspecified atom stereocenters. The lowest BCUT2D eigenvalue weighted by molar-refractivity contribution is -0.141. The number of benzene rings is 1. The van der Waals surface area contributed by atoms with Crippen molar-refractivity contribution < 1.29 is 23.1 Å². The summed E-state index contributed by atoms with van der Waals surface area (Å²) < 4.78 is 39.8. The maximum atomic E-state index is 12.8. The first-order valence-electron chi connectivity index (χ1n) is 8.51. The van der Waals surface area contributed by atoms with Crippen LogP contribution in [0, 0.1) is 0 Å². The van der Waals surface area contributed by atoms with Gasteiger partial charge < -0.3 is 15.0 Å². The van der Waals surface area contributed by atoms with Gasteiger partial charge in [-0.2, -0.15) is 13.2 Å². The van der Waals surface area contributed by atoms with Crippen molar-refractivity contribution in [1.29, 1.82) is 0 Å². The van der Waals surface area contributed by atoms with E-state index < -0.39 is 17.8 Å². The molecule has 0 bridgehead atoms. The number of anilines is 1. The van der Waals surface area contributed by atoms with Crippen molar-refractivity contribution in [1.82, 2.24) is 19.5 Å². The Kier molecular flexibility index (Phi) is 6.06. The van der Waals surface area contributed by atoms with Crippen molar-refractivity contribution in [2.24, 2.45) is 7.05 Å². The minimum absolute atomic E-state index is 0.00410. The highest BCUT2D eigenvalue weighted by Crippen LogP contribution is 2.30. The number of aromatic nitrogens is 4. The Morgan fingerprint density at radius 3 is 2.57 bits per heavy atom. The predicted octanol–water partition coefficient (Wildman–Crippen LogP) is 4.26. The smallest absolute Gasteiger partial charge is 0.434 e. The second-order valence-electron chi connectivity index (χ2n) is 6.22. The van der Waals surface area contributed by atoms with Gasteiger partial charge >= 0.3 is 12.1 Å². The summed E-state index contributed by atoms with van der Waals surface area (Å²) in [6.45, 7) is 0.315. The van der Waals surface area contributed by atoms with Crippen molar-refractivity contribution in [3.05, 3.63) is 64.8 Å². The van der Waals surface area contributed by atoms with Crippen LogP contribution >= 0.6 is 11.6 Å². The van der Waals surface area contributed by atoms with Crippen molar-refractivity contribution in [2.45, 2.75) is 12.7 Å². The molecule has 2 aromatic heterocycles. The third-order valence-electron chi connectivity index (χ3n) is 4.03. The van der Waals surface area contributed by atoms with Crippen LogP contribution in [0.3, 0.4) is 0 Å². The van der Waals surface area contributed by atoms with Crippen LogP contribution in [-0.4, -0.2) is 30.6 Å². The number of nitrogens with one attached hydrogen (secondary N) is 1. The van der Waals surface area contributed by atoms with Gasteiger partial charge in [0, 0.05) is 43.2 Å². The van der Waals surface area contributed by atoms with Gasteiger partial charge in [0.1, 0.15) is 11.6 Å². The number of aliphatic carboxylic acids is 1. The molecule has 0 aliphatic heterocycles. The number of nitrogens with zero attached hydrogens (tertiary/aromatic N) is 4. The Hall–Kier alpha value is -3.40. The van der Waals surface area contributed by atoms with Crippen molar-refractivity contribution in [3.8, 4) is 11.4 Å². The first-order chi connectivity index (χ1) is 14.1. The second kappa shape index (κ2) is 8.54. The van der Waals surface area contributed by atoms with Gasteiger partial charge in [-0.25, -0.2) is 19.7 Å². The van der Waals surface area contributed by atoms with Crippen molar-refractivity contribution in [2.75, 3.05) is 5.32 Å². The van der Waals surface area contributed by atoms with Gasteiger partial charge in [-0.1, -0.05) is 24.3 Å². The monoisotopic (exact) mass is 437 g/mol. The number of rotatable bonds is 6. The normalized spacial score (nSPS) is 11.8. The number of hydrogen-bond donors (Lipinski definition) is 2. The molecule has 0 fully saturated rings. The highest BCUT2D eigenvalue weighted by Gasteiger charge is 2.34. The number of alkyl halides is 3. The molecule has 0 spiro atoms. The predicted molar refractivity (Wildman–Crippen MR) is 105 cm³/mol. The molecule has 7 nitrogen and oxygen atoms in total. The number of aryl methyl sites for hydroxylation is 1. The van der Waals surface area contributed by atoms with Crippen molar-refractivity contribution in [3.63, 3.8) is 0 Å². The number of hydrogen-bond acceptors (Lipinski definition) is 5. The zero-order chi connectivity index (χ0) is 21.9. The van der Waals surface area contributed by atoms with E-state index in [0.29, 0.717) is 23.5 Å². The summed E-state index contributed by atoms with van der Waals surface area (Å²) in [4.78, 5) is 22.3. The van der Waals surface area contributed by atoms with Crippen LogP contribution in [0.1, 0.15) is 16.8 Å². The van der Waals surface area contributed by atoms with Gasteiger partial charge in [0.05, 0.1) is 0 Å². The summed E-state index contributed by atoms with van der Waals surface area (Å²) in [7, 11) is 1.50. The SMILES string of the molecule is Cn1cc(C(F)(F)F)nc1-c1ccc(CNc2nc(Cl)ncc2/C=C/C(=O)O)cc1. The summed E-state index contributed by atoms with van der Waals surface area (Å²) in [5.41, 5.74) is 0.832. The average Bonchev–Trinajstić information content (AvgIpc) is 3.08. The molecular weight excluding hydrogens is 423 g/mol. The van der Waals surface area contributed by atoms with Crippen LogP contribution in [0.15, 0.2) is 42.7 Å². The molecule has 0 amide bonds. The molecule has 0 aliphatic rings. The van der Waals surface area contributed by atoms with E-state index in [1.807, 2.05) is 0 Å². The standard InChI is InChI=1S/C19H15ClF3N5O2/c1-28-10-14(19(21,22)23)26-17(28)12-4-2-11(3-5-12)8-24-16-13(6-7-15(29)30)9-25-18(20)27-16/h2-7,9-10H,8H2,1H3,(H,29,30)(H,24,25,27)/b7-6+. The fourth-order valence-corrected chi connectivity index (χ4v) is 2.76. The van der Waals surface area contributed by atoms with Crippen LogP contribution in [0.2, 0.25) is 5.28 Å². The van der Waals surface area contributed by atoms with Crippen LogP contribution < -0.4 is 5.32 Å². The van der Waals surface area contributed by atoms with E-state index in [0.717, 1.165) is 17.8 Å². The molecule has 2 N–H and O–H groups in total. The van der Waals surface area contributed by atoms with E-state index in [1.165, 1.54) is 23.9 Å². The second-order valence-corrected chi connectivity index (χ2v) is 6.56. The summed E-state index contributed by atoms with van der Waals surface area (Å²) in [5.74, 6) is -0.574. The van der Waals surface area contributed by atoms with Gasteiger partial charge in [-0.3, -0.25) is 0 Å². The lowest BCUT2D eigenvalue weighted by atomic mass is 10.1. The van der Waals surface area contributed by atoms with Gasteiger partial charge in [0.25, 0.3) is 0 Å². The summed E-state index contributed by atoms with van der Waals surface area (Å²) >= 11 is 5.81. The highest BCUT2D eigenvalue weighted by atomic mass is 35.5. The molecule has 3 aromatic rings. The summed E-state index contributed by atoms with van der Waals surface area (Å²) in [6, 6.07) is 6.80. The van der Waals surface area contributed by atoms with E-state index in [-0.39, 0.29) is 11.1 Å². The molecular formula is C19H15ClF3N5O2. The van der Waals surface area contributed by atoms with E-state index in [1.54, 1.807) is 24.3 Å². The quantitative estimate of drug-likeness (QED) is 0.442. The van der Waals surface area contributed by atoms with E-state index >= 15 is 0 Å². The summed E-state index contributed by atoms with van der Waals surface area (Å²) in [6.07, 6.45) is 0.110. The van der Waals surface area contributed by atoms with Gasteiger partial charge in [-0.05, 0) is 23.2 Å². The zero-order valence-corrected chi connectivity index (χ0v) is 16.2. The number of carbonyl (C=O) groups is 1. The Bertz CT molecular complexity index is 1090. The third kappa shape index (κ3) is 5.15. The minimum Gasteiger partial charge on any atom is -0.478 e. The van der Waals surface area contributed by atoms with Crippen LogP contribution in [0.25, 0.3) is 17.5 Å². The maximum absolute atomic E-state index is 12.8. The topological polar surface area (TPSA) is 92.9 Å². The molecule has 3 rings (SSSR count). The fraction of sp³-hybridized carbons (Fsp3) is 0.158. The number of carboxylic acid groups (broad SMARTS) is 1. The number of imidazole rings is 1. The van der Waals surface area contributed by atoms with E-state index in [2.05, 4.69) is 20.3 Å². The Morgan fingerprint density at radius 1 is 1.27 bits per heavy atom. The Labute approximate surface area is 173 Å². The van der Waals surface area contributed by atoms with Crippen molar-refractivity contribution >= 4 is 29.5 Å². The first kappa shape index (κ1) is 21.3. The molecule has 2 heterocycles. The van der Waals surface area contributed by atoms with Crippen LogP contribution in [0.4, 0.5) is 19.0 Å². The summed E-state index contributed by atoms with van der Waals surface area (Å²) in [5, 5.41) is 11.8. The Morgan fingerprint density at radius 2 is 1.97 bits per heavy atom. The Balaban J connectivity index is 1.76. The lowest BCUT2D eigenvalue weighted by Gasteiger charge is -2.09. The lowest BCUT2D eigenvalue weighted by Crippen LogP contribution is -2.05. The molecule has 0 radical (unpaired) electrons. The molecule has 156 valence electrons. The largest absolute Gasteiger partial charge is 0.478 e. The number of carboxylic acids is 1. The number of halogens is 4. The molecule has 30 heavy (non-hydrogen) atoms. The zero-order valence-electron chi connectivity index (χ0n) is 15.5. The van der Waals surface area contributed by atoms with Gasteiger partial charge in [0.2, 0.25) is 5.28 Å². The average molecular weight is 438 g/mol. The van der Waals surface area contributed by atoms with Crippen LogP contribution in [0.5, 0.6) is 0 Å². The maximum Gasteiger partial charge on any atom is 0.434 e. The fourth-order valence-electron chi connectivity index (χ4n) is 2.62. The molecule has 0 saturated carbocycles. The first-order valence-corrected chi connectivity index (χ1v) is 8.88. The van der Waals surface area contributed by atoms with E-state index in [4.69, 9.17) is 16.7 Å². The van der Waals surface area contributed by atoms with Gasteiger partial charge in [0.15, 0.2) is 5.69 Å².